The smallest absolute Gasteiger partial charge is 0.160 e. The monoisotopic (exact) mass is 740 g/mol. The van der Waals surface area contributed by atoms with Crippen LogP contribution in [0.1, 0.15) is 5.56 Å². The van der Waals surface area contributed by atoms with Gasteiger partial charge in [0.15, 0.2) is 5.82 Å². The molecule has 270 valence electrons. The maximum Gasteiger partial charge on any atom is 0.160 e. The molecule has 3 heterocycles. The van der Waals surface area contributed by atoms with Crippen LogP contribution in [0.25, 0.3) is 106 Å². The van der Waals surface area contributed by atoms with Gasteiger partial charge in [-0.1, -0.05) is 140 Å². The molecule has 0 unspecified atom stereocenters. The van der Waals surface area contributed by atoms with Crippen molar-refractivity contribution in [3.05, 3.63) is 200 Å². The van der Waals surface area contributed by atoms with Crippen molar-refractivity contribution in [3.8, 4) is 67.9 Å². The summed E-state index contributed by atoms with van der Waals surface area (Å²) in [4.78, 5) is 10.1. The Hall–Kier alpha value is -8.07. The molecule has 0 radical (unpaired) electrons. The van der Waals surface area contributed by atoms with Gasteiger partial charge in [-0.05, 0) is 71.3 Å². The second kappa shape index (κ2) is 13.6. The molecule has 0 aliphatic heterocycles. The van der Waals surface area contributed by atoms with E-state index in [2.05, 4.69) is 132 Å². The van der Waals surface area contributed by atoms with Crippen LogP contribution in [0.4, 0.5) is 0 Å². The van der Waals surface area contributed by atoms with E-state index in [4.69, 9.17) is 14.4 Å². The predicted molar refractivity (Wildman–Crippen MR) is 236 cm³/mol. The Morgan fingerprint density at radius 3 is 1.72 bits per heavy atom. The molecule has 58 heavy (non-hydrogen) atoms. The zero-order chi connectivity index (χ0) is 38.6. The number of aromatic nitrogens is 3. The second-order valence-electron chi connectivity index (χ2n) is 14.5. The number of rotatable bonds is 6. The molecular weight excluding hydrogens is 709 g/mol. The van der Waals surface area contributed by atoms with Gasteiger partial charge in [0.25, 0.3) is 0 Å². The molecule has 0 N–H and O–H groups in total. The van der Waals surface area contributed by atoms with Gasteiger partial charge >= 0.3 is 0 Å². The van der Waals surface area contributed by atoms with E-state index in [0.29, 0.717) is 11.4 Å². The lowest BCUT2D eigenvalue weighted by molar-refractivity contribution is 0.670. The number of fused-ring (bicyclic) bond motifs is 6. The number of nitrogens with zero attached hydrogens (tertiary/aromatic N) is 4. The van der Waals surface area contributed by atoms with E-state index in [1.807, 2.05) is 72.8 Å². The molecule has 0 saturated heterocycles. The van der Waals surface area contributed by atoms with E-state index in [1.165, 1.54) is 10.8 Å². The highest BCUT2D eigenvalue weighted by Crippen LogP contribution is 2.39. The molecule has 0 fully saturated rings. The van der Waals surface area contributed by atoms with Crippen molar-refractivity contribution in [2.75, 3.05) is 0 Å². The van der Waals surface area contributed by atoms with Gasteiger partial charge in [-0.2, -0.15) is 5.26 Å². The van der Waals surface area contributed by atoms with Gasteiger partial charge in [0.05, 0.1) is 34.1 Å². The molecule has 3 aromatic heterocycles. The summed E-state index contributed by atoms with van der Waals surface area (Å²) in [7, 11) is 0. The first-order valence-corrected chi connectivity index (χ1v) is 19.3. The Morgan fingerprint density at radius 2 is 1.02 bits per heavy atom. The molecule has 0 amide bonds. The molecule has 0 aliphatic rings. The third-order valence-corrected chi connectivity index (χ3v) is 11.1. The molecule has 8 aromatic carbocycles. The van der Waals surface area contributed by atoms with Crippen molar-refractivity contribution < 1.29 is 4.42 Å². The van der Waals surface area contributed by atoms with Crippen LogP contribution in [0.5, 0.6) is 0 Å². The quantitative estimate of drug-likeness (QED) is 0.170. The molecule has 5 heteroatoms. The Bertz CT molecular complexity index is 3320. The summed E-state index contributed by atoms with van der Waals surface area (Å²) in [6.07, 6.45) is 0. The van der Waals surface area contributed by atoms with Crippen molar-refractivity contribution in [3.63, 3.8) is 0 Å². The van der Waals surface area contributed by atoms with Gasteiger partial charge in [0, 0.05) is 49.5 Å². The topological polar surface area (TPSA) is 67.6 Å². The molecule has 11 rings (SSSR count). The molecule has 0 spiro atoms. The maximum absolute atomic E-state index is 9.90. The summed E-state index contributed by atoms with van der Waals surface area (Å²) in [6, 6.07) is 69.2. The van der Waals surface area contributed by atoms with Crippen molar-refractivity contribution >= 4 is 43.7 Å². The number of hydrogen-bond acceptors (Lipinski definition) is 4. The lowest BCUT2D eigenvalue weighted by atomic mass is 9.99. The summed E-state index contributed by atoms with van der Waals surface area (Å²) in [5, 5.41) is 14.2. The summed E-state index contributed by atoms with van der Waals surface area (Å²) in [6.45, 7) is 0. The number of benzene rings is 8. The zero-order valence-corrected chi connectivity index (χ0v) is 31.2. The first-order valence-electron chi connectivity index (χ1n) is 19.3. The Balaban J connectivity index is 0.961. The third kappa shape index (κ3) is 5.63. The van der Waals surface area contributed by atoms with Crippen LogP contribution in [0.2, 0.25) is 0 Å². The van der Waals surface area contributed by atoms with Crippen LogP contribution in [0, 0.1) is 11.3 Å². The highest BCUT2D eigenvalue weighted by molar-refractivity contribution is 6.11. The molecule has 0 aliphatic carbocycles. The number of furan rings is 1. The minimum Gasteiger partial charge on any atom is -0.455 e. The summed E-state index contributed by atoms with van der Waals surface area (Å²) < 4.78 is 8.68. The molecule has 0 atom stereocenters. The number of nitriles is 1. The van der Waals surface area contributed by atoms with Crippen LogP contribution >= 0.6 is 0 Å². The summed E-state index contributed by atoms with van der Waals surface area (Å²) in [5.74, 6) is 0.691. The van der Waals surface area contributed by atoms with Crippen LogP contribution in [-0.4, -0.2) is 14.5 Å². The van der Waals surface area contributed by atoms with E-state index in [0.717, 1.165) is 89.0 Å². The number of hydrogen-bond donors (Lipinski definition) is 0. The van der Waals surface area contributed by atoms with Gasteiger partial charge in [0.1, 0.15) is 11.2 Å². The maximum atomic E-state index is 9.90. The largest absolute Gasteiger partial charge is 0.455 e. The SMILES string of the molecule is N#Cc1cc(-c2ccc(-n3c4ccccc4c4cc(-c5ccc(-c6nc(-c7ccccc7)cc(-c7ccccc7)n6)cc5)ccc43)cc2)c2oc3ccccc3c2c1. The van der Waals surface area contributed by atoms with Gasteiger partial charge in [-0.15, -0.1) is 0 Å². The first-order chi connectivity index (χ1) is 28.7. The Kier molecular flexibility index (Phi) is 7.80. The van der Waals surface area contributed by atoms with Gasteiger partial charge < -0.3 is 8.98 Å². The van der Waals surface area contributed by atoms with Crippen LogP contribution in [0.3, 0.4) is 0 Å². The standard InChI is InChI=1S/C53H32N4O/c54-33-34-29-44(52-46(30-34)43-16-8-10-18-51(43)58-52)36-23-26-41(27-24-36)57-49-17-9-7-15-42(49)45-31-40(25-28-50(45)57)35-19-21-39(22-20-35)53-55-47(37-11-3-1-4-12-37)32-48(56-53)38-13-5-2-6-14-38/h1-32H. The zero-order valence-electron chi connectivity index (χ0n) is 31.2. The summed E-state index contributed by atoms with van der Waals surface area (Å²) >= 11 is 0. The highest BCUT2D eigenvalue weighted by Gasteiger charge is 2.17. The van der Waals surface area contributed by atoms with Crippen molar-refractivity contribution in [2.45, 2.75) is 0 Å². The Labute approximate surface area is 334 Å². The third-order valence-electron chi connectivity index (χ3n) is 11.1. The van der Waals surface area contributed by atoms with E-state index in [-0.39, 0.29) is 0 Å². The normalized spacial score (nSPS) is 11.4. The fraction of sp³-hybridized carbons (Fsp3) is 0. The van der Waals surface area contributed by atoms with Crippen molar-refractivity contribution in [1.29, 1.82) is 5.26 Å². The fourth-order valence-electron chi connectivity index (χ4n) is 8.23. The van der Waals surface area contributed by atoms with Crippen LogP contribution in [0.15, 0.2) is 199 Å². The summed E-state index contributed by atoms with van der Waals surface area (Å²) in [5.41, 5.74) is 14.5. The lowest BCUT2D eigenvalue weighted by Gasteiger charge is -2.11. The molecule has 0 bridgehead atoms. The lowest BCUT2D eigenvalue weighted by Crippen LogP contribution is -1.96. The van der Waals surface area contributed by atoms with E-state index in [9.17, 15) is 5.26 Å². The second-order valence-corrected chi connectivity index (χ2v) is 14.5. The minimum absolute atomic E-state index is 0.605. The molecule has 5 nitrogen and oxygen atoms in total. The Morgan fingerprint density at radius 1 is 0.431 bits per heavy atom. The molecule has 0 saturated carbocycles. The van der Waals surface area contributed by atoms with E-state index < -0.39 is 0 Å². The van der Waals surface area contributed by atoms with Gasteiger partial charge in [-0.3, -0.25) is 0 Å². The average Bonchev–Trinajstić information content (AvgIpc) is 3.85. The van der Waals surface area contributed by atoms with E-state index in [1.54, 1.807) is 0 Å². The van der Waals surface area contributed by atoms with Crippen molar-refractivity contribution in [1.82, 2.24) is 14.5 Å². The first kappa shape index (κ1) is 33.3. The highest BCUT2D eigenvalue weighted by atomic mass is 16.3. The van der Waals surface area contributed by atoms with Gasteiger partial charge in [-0.25, -0.2) is 9.97 Å². The minimum atomic E-state index is 0.605. The van der Waals surface area contributed by atoms with Crippen LogP contribution < -0.4 is 0 Å². The van der Waals surface area contributed by atoms with Crippen LogP contribution in [-0.2, 0) is 0 Å². The van der Waals surface area contributed by atoms with E-state index >= 15 is 0 Å². The molecular formula is C53H32N4O. The average molecular weight is 741 g/mol. The predicted octanol–water partition coefficient (Wildman–Crippen LogP) is 13.7. The number of para-hydroxylation sites is 2. The fourth-order valence-corrected chi connectivity index (χ4v) is 8.23. The van der Waals surface area contributed by atoms with Gasteiger partial charge in [0.2, 0.25) is 0 Å². The van der Waals surface area contributed by atoms with Crippen molar-refractivity contribution in [2.24, 2.45) is 0 Å². The molecule has 11 aromatic rings.